The van der Waals surface area contributed by atoms with Gasteiger partial charge in [-0.3, -0.25) is 14.7 Å². The van der Waals surface area contributed by atoms with Crippen LogP contribution in [0.5, 0.6) is 0 Å². The fourth-order valence-electron chi connectivity index (χ4n) is 3.59. The van der Waals surface area contributed by atoms with Gasteiger partial charge in [0.1, 0.15) is 29.2 Å². The summed E-state index contributed by atoms with van der Waals surface area (Å²) in [6, 6.07) is 11.4. The molecule has 2 aromatic heterocycles. The van der Waals surface area contributed by atoms with E-state index in [-0.39, 0.29) is 12.0 Å². The summed E-state index contributed by atoms with van der Waals surface area (Å²) in [5.41, 5.74) is 2.51. The summed E-state index contributed by atoms with van der Waals surface area (Å²) in [5.74, 6) is -1.52. The van der Waals surface area contributed by atoms with E-state index in [1.54, 1.807) is 13.0 Å². The topological polar surface area (TPSA) is 105 Å². The molecule has 2 heterocycles. The molecule has 8 nitrogen and oxygen atoms in total. The standard InChI is InChI=1S/C23H22F2N6O2/c1-3-16(26-21(32)10-13-8-14(24)11-15(25)9-13)23(33)28-20-12-18(29-30-20)22-27-17-6-4-5-7-19(17)31(22)2/h4-9,11-12,16H,3,10H2,1-2H3,(H,26,32)(H2,28,29,30,33). The van der Waals surface area contributed by atoms with Crippen LogP contribution in [0.15, 0.2) is 48.5 Å². The molecule has 0 aliphatic rings. The van der Waals surface area contributed by atoms with E-state index in [1.165, 1.54) is 0 Å². The Morgan fingerprint density at radius 1 is 1.12 bits per heavy atom. The SMILES string of the molecule is CCC(NC(=O)Cc1cc(F)cc(F)c1)C(=O)Nc1cc(-c2nc3ccccc3n2C)n[nH]1. The fourth-order valence-corrected chi connectivity index (χ4v) is 3.59. The van der Waals surface area contributed by atoms with Gasteiger partial charge >= 0.3 is 0 Å². The van der Waals surface area contributed by atoms with Gasteiger partial charge in [0.05, 0.1) is 17.5 Å². The van der Waals surface area contributed by atoms with Crippen LogP contribution in [0, 0.1) is 11.6 Å². The maximum absolute atomic E-state index is 13.3. The van der Waals surface area contributed by atoms with E-state index in [4.69, 9.17) is 0 Å². The number of hydrogen-bond acceptors (Lipinski definition) is 4. The first-order chi connectivity index (χ1) is 15.8. The highest BCUT2D eigenvalue weighted by atomic mass is 19.1. The molecular formula is C23H22F2N6O2. The van der Waals surface area contributed by atoms with Gasteiger partial charge < -0.3 is 15.2 Å². The molecule has 4 aromatic rings. The van der Waals surface area contributed by atoms with E-state index < -0.39 is 29.5 Å². The fraction of sp³-hybridized carbons (Fsp3) is 0.217. The molecule has 2 amide bonds. The number of anilines is 1. The van der Waals surface area contributed by atoms with E-state index in [1.807, 2.05) is 35.9 Å². The van der Waals surface area contributed by atoms with Gasteiger partial charge in [0.15, 0.2) is 5.82 Å². The van der Waals surface area contributed by atoms with Gasteiger partial charge in [0.25, 0.3) is 0 Å². The number of nitrogens with zero attached hydrogens (tertiary/aromatic N) is 3. The van der Waals surface area contributed by atoms with Crippen LogP contribution in [0.25, 0.3) is 22.6 Å². The number of aryl methyl sites for hydroxylation is 1. The first-order valence-electron chi connectivity index (χ1n) is 10.4. The summed E-state index contributed by atoms with van der Waals surface area (Å²) < 4.78 is 28.6. The van der Waals surface area contributed by atoms with E-state index in [9.17, 15) is 18.4 Å². The van der Waals surface area contributed by atoms with Crippen molar-refractivity contribution in [2.24, 2.45) is 7.05 Å². The van der Waals surface area contributed by atoms with Crippen molar-refractivity contribution in [1.29, 1.82) is 0 Å². The van der Waals surface area contributed by atoms with Gasteiger partial charge in [-0.1, -0.05) is 19.1 Å². The third-order valence-corrected chi connectivity index (χ3v) is 5.20. The van der Waals surface area contributed by atoms with Gasteiger partial charge in [-0.25, -0.2) is 13.8 Å². The second kappa shape index (κ2) is 9.19. The number of hydrogen-bond donors (Lipinski definition) is 3. The Bertz CT molecular complexity index is 1310. The first kappa shape index (κ1) is 22.1. The lowest BCUT2D eigenvalue weighted by molar-refractivity contribution is -0.126. The van der Waals surface area contributed by atoms with E-state index >= 15 is 0 Å². The smallest absolute Gasteiger partial charge is 0.248 e. The van der Waals surface area contributed by atoms with Crippen molar-refractivity contribution in [3.05, 3.63) is 65.7 Å². The molecule has 0 spiro atoms. The Labute approximate surface area is 188 Å². The summed E-state index contributed by atoms with van der Waals surface area (Å²) in [7, 11) is 1.88. The van der Waals surface area contributed by atoms with Crippen LogP contribution < -0.4 is 10.6 Å². The minimum Gasteiger partial charge on any atom is -0.344 e. The number of para-hydroxylation sites is 2. The average molecular weight is 452 g/mol. The number of halogens is 2. The lowest BCUT2D eigenvalue weighted by Crippen LogP contribution is -2.44. The Morgan fingerprint density at radius 3 is 2.55 bits per heavy atom. The number of nitrogens with one attached hydrogen (secondary N) is 3. The predicted molar refractivity (Wildman–Crippen MR) is 119 cm³/mol. The van der Waals surface area contributed by atoms with Crippen LogP contribution in [-0.4, -0.2) is 37.6 Å². The van der Waals surface area contributed by atoms with Gasteiger partial charge in [0, 0.05) is 19.2 Å². The largest absolute Gasteiger partial charge is 0.344 e. The summed E-state index contributed by atoms with van der Waals surface area (Å²) in [4.78, 5) is 29.6. The van der Waals surface area contributed by atoms with E-state index in [0.717, 1.165) is 29.2 Å². The maximum atomic E-state index is 13.3. The summed E-state index contributed by atoms with van der Waals surface area (Å²) in [6.45, 7) is 1.74. The zero-order valence-corrected chi connectivity index (χ0v) is 18.0. The highest BCUT2D eigenvalue weighted by molar-refractivity contribution is 5.97. The predicted octanol–water partition coefficient (Wildman–Crippen LogP) is 3.32. The van der Waals surface area contributed by atoms with E-state index in [0.29, 0.717) is 23.8 Å². The number of carbonyl (C=O) groups excluding carboxylic acids is 2. The molecule has 0 saturated carbocycles. The third kappa shape index (κ3) is 4.89. The number of benzene rings is 2. The molecule has 4 rings (SSSR count). The van der Waals surface area contributed by atoms with Crippen molar-refractivity contribution < 1.29 is 18.4 Å². The zero-order chi connectivity index (χ0) is 23.5. The normalized spacial score (nSPS) is 12.0. The third-order valence-electron chi connectivity index (χ3n) is 5.20. The molecule has 2 aromatic carbocycles. The van der Waals surface area contributed by atoms with Crippen molar-refractivity contribution in [2.45, 2.75) is 25.8 Å². The van der Waals surface area contributed by atoms with Crippen molar-refractivity contribution in [2.75, 3.05) is 5.32 Å². The minimum absolute atomic E-state index is 0.181. The molecule has 0 bridgehead atoms. The Balaban J connectivity index is 1.42. The molecule has 10 heteroatoms. The quantitative estimate of drug-likeness (QED) is 0.400. The summed E-state index contributed by atoms with van der Waals surface area (Å²) >= 11 is 0. The number of aromatic nitrogens is 4. The molecule has 0 aliphatic heterocycles. The Kier molecular flexibility index (Phi) is 6.16. The van der Waals surface area contributed by atoms with Crippen LogP contribution in [0.2, 0.25) is 0 Å². The van der Waals surface area contributed by atoms with Gasteiger partial charge in [-0.2, -0.15) is 5.10 Å². The average Bonchev–Trinajstić information content (AvgIpc) is 3.35. The molecule has 1 atom stereocenters. The number of rotatable bonds is 7. The lowest BCUT2D eigenvalue weighted by atomic mass is 10.1. The van der Waals surface area contributed by atoms with Gasteiger partial charge in [0.2, 0.25) is 11.8 Å². The van der Waals surface area contributed by atoms with Crippen LogP contribution in [-0.2, 0) is 23.1 Å². The van der Waals surface area contributed by atoms with Gasteiger partial charge in [-0.15, -0.1) is 0 Å². The first-order valence-corrected chi connectivity index (χ1v) is 10.4. The molecule has 33 heavy (non-hydrogen) atoms. The molecular weight excluding hydrogens is 430 g/mol. The van der Waals surface area contributed by atoms with Crippen molar-refractivity contribution in [3.8, 4) is 11.5 Å². The number of imidazole rings is 1. The Hall–Kier alpha value is -4.08. The zero-order valence-electron chi connectivity index (χ0n) is 18.0. The second-order valence-electron chi connectivity index (χ2n) is 7.62. The van der Waals surface area contributed by atoms with Gasteiger partial charge in [-0.05, 0) is 36.2 Å². The molecule has 3 N–H and O–H groups in total. The molecule has 170 valence electrons. The highest BCUT2D eigenvalue weighted by Crippen LogP contribution is 2.23. The van der Waals surface area contributed by atoms with Crippen molar-refractivity contribution >= 4 is 28.7 Å². The summed E-state index contributed by atoms with van der Waals surface area (Å²) in [6.07, 6.45) is 0.0697. The monoisotopic (exact) mass is 452 g/mol. The summed E-state index contributed by atoms with van der Waals surface area (Å²) in [5, 5.41) is 12.3. The Morgan fingerprint density at radius 2 is 1.85 bits per heavy atom. The van der Waals surface area contributed by atoms with Crippen LogP contribution in [0.3, 0.4) is 0 Å². The number of H-pyrrole nitrogens is 1. The molecule has 1 unspecified atom stereocenters. The molecule has 0 fully saturated rings. The number of aromatic amines is 1. The minimum atomic E-state index is -0.835. The van der Waals surface area contributed by atoms with E-state index in [2.05, 4.69) is 25.8 Å². The maximum Gasteiger partial charge on any atom is 0.248 e. The number of amides is 2. The van der Waals surface area contributed by atoms with Crippen molar-refractivity contribution in [1.82, 2.24) is 25.1 Å². The number of carbonyl (C=O) groups is 2. The van der Waals surface area contributed by atoms with Crippen LogP contribution in [0.4, 0.5) is 14.6 Å². The molecule has 0 saturated heterocycles. The van der Waals surface area contributed by atoms with Crippen molar-refractivity contribution in [3.63, 3.8) is 0 Å². The lowest BCUT2D eigenvalue weighted by Gasteiger charge is -2.16. The van der Waals surface area contributed by atoms with Crippen LogP contribution >= 0.6 is 0 Å². The molecule has 0 radical (unpaired) electrons. The van der Waals surface area contributed by atoms with Crippen LogP contribution in [0.1, 0.15) is 18.9 Å². The molecule has 0 aliphatic carbocycles. The number of fused-ring (bicyclic) bond motifs is 1. The highest BCUT2D eigenvalue weighted by Gasteiger charge is 2.21. The second-order valence-corrected chi connectivity index (χ2v) is 7.62.